The molecule has 1 N–H and O–H groups in total. The molecular formula is C20H14N2OS. The van der Waals surface area contributed by atoms with E-state index in [2.05, 4.69) is 34.6 Å². The molecule has 0 bridgehead atoms. The van der Waals surface area contributed by atoms with E-state index in [1.807, 2.05) is 24.3 Å². The summed E-state index contributed by atoms with van der Waals surface area (Å²) in [7, 11) is 0. The standard InChI is InChI=1S/C20H14N2OS/c23-20(14-7-9-17-18(10-14)24-11-21-17)22-16-8-6-13-5-4-12-2-1-3-15(16)19(12)13/h1-3,6-11H,4-5H2,(H,22,23). The molecule has 0 atom stereocenters. The number of amides is 1. The number of nitrogens with zero attached hydrogens (tertiary/aromatic N) is 1. The van der Waals surface area contributed by atoms with E-state index in [4.69, 9.17) is 0 Å². The Bertz CT molecular complexity index is 1100. The summed E-state index contributed by atoms with van der Waals surface area (Å²) in [6.07, 6.45) is 2.18. The number of nitrogens with one attached hydrogen (secondary N) is 1. The van der Waals surface area contributed by atoms with E-state index in [9.17, 15) is 4.79 Å². The van der Waals surface area contributed by atoms with Crippen LogP contribution in [-0.4, -0.2) is 10.9 Å². The molecule has 4 aromatic rings. The first-order valence-electron chi connectivity index (χ1n) is 7.98. The van der Waals surface area contributed by atoms with Gasteiger partial charge in [-0.2, -0.15) is 0 Å². The van der Waals surface area contributed by atoms with Crippen LogP contribution in [0.1, 0.15) is 21.5 Å². The Kier molecular flexibility index (Phi) is 2.94. The van der Waals surface area contributed by atoms with Crippen molar-refractivity contribution in [2.75, 3.05) is 5.32 Å². The van der Waals surface area contributed by atoms with E-state index >= 15 is 0 Å². The van der Waals surface area contributed by atoms with E-state index in [0.29, 0.717) is 5.56 Å². The normalized spacial score (nSPS) is 12.8. The number of hydrogen-bond acceptors (Lipinski definition) is 3. The SMILES string of the molecule is O=C(Nc1ccc2c3c(cccc13)CC2)c1ccc2ncsc2c1. The summed E-state index contributed by atoms with van der Waals surface area (Å²) in [6, 6.07) is 16.1. The maximum absolute atomic E-state index is 12.7. The second kappa shape index (κ2) is 5.14. The van der Waals surface area contributed by atoms with Crippen molar-refractivity contribution in [3.63, 3.8) is 0 Å². The number of aryl methyl sites for hydroxylation is 2. The zero-order valence-corrected chi connectivity index (χ0v) is 13.7. The summed E-state index contributed by atoms with van der Waals surface area (Å²) in [5.74, 6) is -0.0796. The van der Waals surface area contributed by atoms with Crippen LogP contribution in [-0.2, 0) is 12.8 Å². The Hall–Kier alpha value is -2.72. The average molecular weight is 330 g/mol. The Morgan fingerprint density at radius 3 is 2.83 bits per heavy atom. The quantitative estimate of drug-likeness (QED) is 0.573. The summed E-state index contributed by atoms with van der Waals surface area (Å²) in [6.45, 7) is 0. The van der Waals surface area contributed by atoms with Crippen molar-refractivity contribution in [1.29, 1.82) is 0 Å². The smallest absolute Gasteiger partial charge is 0.255 e. The van der Waals surface area contributed by atoms with Gasteiger partial charge in [0.05, 0.1) is 15.7 Å². The minimum absolute atomic E-state index is 0.0796. The zero-order valence-electron chi connectivity index (χ0n) is 12.9. The van der Waals surface area contributed by atoms with E-state index in [1.54, 1.807) is 16.8 Å². The van der Waals surface area contributed by atoms with Crippen molar-refractivity contribution in [2.24, 2.45) is 0 Å². The molecule has 0 saturated carbocycles. The average Bonchev–Trinajstić information content (AvgIpc) is 3.24. The number of aromatic nitrogens is 1. The lowest BCUT2D eigenvalue weighted by Crippen LogP contribution is -2.12. The number of anilines is 1. The van der Waals surface area contributed by atoms with Crippen LogP contribution in [0.5, 0.6) is 0 Å². The Balaban J connectivity index is 1.56. The van der Waals surface area contributed by atoms with Crippen molar-refractivity contribution in [2.45, 2.75) is 12.8 Å². The highest BCUT2D eigenvalue weighted by Gasteiger charge is 2.17. The molecule has 0 saturated heterocycles. The van der Waals surface area contributed by atoms with Gasteiger partial charge in [0, 0.05) is 16.6 Å². The topological polar surface area (TPSA) is 42.0 Å². The summed E-state index contributed by atoms with van der Waals surface area (Å²) >= 11 is 1.55. The molecule has 5 rings (SSSR count). The van der Waals surface area contributed by atoms with E-state index in [0.717, 1.165) is 34.1 Å². The van der Waals surface area contributed by atoms with Gasteiger partial charge in [-0.15, -0.1) is 11.3 Å². The summed E-state index contributed by atoms with van der Waals surface area (Å²) in [5.41, 5.74) is 7.04. The second-order valence-electron chi connectivity index (χ2n) is 6.10. The van der Waals surface area contributed by atoms with Crippen LogP contribution >= 0.6 is 11.3 Å². The van der Waals surface area contributed by atoms with Gasteiger partial charge in [-0.3, -0.25) is 4.79 Å². The molecular weight excluding hydrogens is 316 g/mol. The van der Waals surface area contributed by atoms with Gasteiger partial charge in [0.2, 0.25) is 0 Å². The van der Waals surface area contributed by atoms with Gasteiger partial charge in [0.25, 0.3) is 5.91 Å². The third kappa shape index (κ3) is 2.03. The summed E-state index contributed by atoms with van der Waals surface area (Å²) in [5, 5.41) is 5.53. The van der Waals surface area contributed by atoms with Gasteiger partial charge in [-0.1, -0.05) is 24.3 Å². The van der Waals surface area contributed by atoms with Crippen molar-refractivity contribution in [1.82, 2.24) is 4.98 Å². The van der Waals surface area contributed by atoms with E-state index in [-0.39, 0.29) is 5.91 Å². The molecule has 0 unspecified atom stereocenters. The molecule has 3 aromatic carbocycles. The van der Waals surface area contributed by atoms with Crippen molar-refractivity contribution in [3.8, 4) is 0 Å². The molecule has 0 spiro atoms. The molecule has 0 aliphatic heterocycles. The lowest BCUT2D eigenvalue weighted by molar-refractivity contribution is 0.102. The highest BCUT2D eigenvalue weighted by atomic mass is 32.1. The lowest BCUT2D eigenvalue weighted by atomic mass is 10.0. The fraction of sp³-hybridized carbons (Fsp3) is 0.100. The Morgan fingerprint density at radius 2 is 1.92 bits per heavy atom. The fourth-order valence-corrected chi connectivity index (χ4v) is 4.26. The molecule has 1 aromatic heterocycles. The van der Waals surface area contributed by atoms with Gasteiger partial charge < -0.3 is 5.32 Å². The first-order valence-corrected chi connectivity index (χ1v) is 8.86. The number of rotatable bonds is 2. The van der Waals surface area contributed by atoms with Crippen LogP contribution < -0.4 is 5.32 Å². The predicted octanol–water partition coefficient (Wildman–Crippen LogP) is 4.80. The highest BCUT2D eigenvalue weighted by molar-refractivity contribution is 7.16. The minimum atomic E-state index is -0.0796. The van der Waals surface area contributed by atoms with Crippen LogP contribution in [0.3, 0.4) is 0 Å². The second-order valence-corrected chi connectivity index (χ2v) is 6.99. The molecule has 0 fully saturated rings. The highest BCUT2D eigenvalue weighted by Crippen LogP contribution is 2.35. The van der Waals surface area contributed by atoms with Gasteiger partial charge in [-0.05, 0) is 53.6 Å². The molecule has 3 nitrogen and oxygen atoms in total. The van der Waals surface area contributed by atoms with Gasteiger partial charge in [-0.25, -0.2) is 4.98 Å². The van der Waals surface area contributed by atoms with E-state index in [1.165, 1.54) is 16.5 Å². The minimum Gasteiger partial charge on any atom is -0.321 e. The number of fused-ring (bicyclic) bond motifs is 1. The molecule has 4 heteroatoms. The number of benzene rings is 3. The monoisotopic (exact) mass is 330 g/mol. The van der Waals surface area contributed by atoms with E-state index < -0.39 is 0 Å². The third-order valence-corrected chi connectivity index (χ3v) is 5.51. The molecule has 1 aliphatic rings. The molecule has 1 amide bonds. The lowest BCUT2D eigenvalue weighted by Gasteiger charge is -2.10. The van der Waals surface area contributed by atoms with Gasteiger partial charge in [0.1, 0.15) is 0 Å². The first-order chi connectivity index (χ1) is 11.8. The molecule has 1 heterocycles. The maximum Gasteiger partial charge on any atom is 0.255 e. The molecule has 116 valence electrons. The molecule has 1 aliphatic carbocycles. The summed E-state index contributed by atoms with van der Waals surface area (Å²) < 4.78 is 1.03. The largest absolute Gasteiger partial charge is 0.321 e. The Labute approximate surface area is 143 Å². The van der Waals surface area contributed by atoms with Crippen LogP contribution in [0.2, 0.25) is 0 Å². The van der Waals surface area contributed by atoms with Crippen molar-refractivity contribution < 1.29 is 4.79 Å². The van der Waals surface area contributed by atoms with Gasteiger partial charge >= 0.3 is 0 Å². The number of thiazole rings is 1. The number of carbonyl (C=O) groups is 1. The first kappa shape index (κ1) is 13.7. The van der Waals surface area contributed by atoms with Gasteiger partial charge in [0.15, 0.2) is 0 Å². The third-order valence-electron chi connectivity index (χ3n) is 4.72. The number of carbonyl (C=O) groups excluding carboxylic acids is 1. The van der Waals surface area contributed by atoms with Crippen LogP contribution in [0, 0.1) is 0 Å². The fourth-order valence-electron chi connectivity index (χ4n) is 3.55. The number of hydrogen-bond donors (Lipinski definition) is 1. The molecule has 24 heavy (non-hydrogen) atoms. The predicted molar refractivity (Wildman–Crippen MR) is 98.9 cm³/mol. The van der Waals surface area contributed by atoms with Crippen LogP contribution in [0.4, 0.5) is 5.69 Å². The zero-order chi connectivity index (χ0) is 16.1. The summed E-state index contributed by atoms with van der Waals surface area (Å²) in [4.78, 5) is 16.9. The van der Waals surface area contributed by atoms with Crippen LogP contribution in [0.25, 0.3) is 21.0 Å². The maximum atomic E-state index is 12.7. The molecule has 0 radical (unpaired) electrons. The van der Waals surface area contributed by atoms with Crippen molar-refractivity contribution >= 4 is 43.9 Å². The Morgan fingerprint density at radius 1 is 1.04 bits per heavy atom. The van der Waals surface area contributed by atoms with Crippen molar-refractivity contribution in [3.05, 3.63) is 70.7 Å². The van der Waals surface area contributed by atoms with Crippen LogP contribution in [0.15, 0.2) is 54.0 Å².